The lowest BCUT2D eigenvalue weighted by Gasteiger charge is -2.03. The molecule has 1 heterocycles. The van der Waals surface area contributed by atoms with Gasteiger partial charge in [-0.1, -0.05) is 23.7 Å². The smallest absolute Gasteiger partial charge is 0.0852 e. The quantitative estimate of drug-likeness (QED) is 0.666. The molecule has 66 valence electrons. The van der Waals surface area contributed by atoms with Crippen LogP contribution in [0.5, 0.6) is 0 Å². The molecule has 0 unspecified atom stereocenters. The SMILES string of the molecule is CSc1c(Cl)ccc2cccnc12. The Bertz CT molecular complexity index is 442. The van der Waals surface area contributed by atoms with Crippen molar-refractivity contribution in [1.82, 2.24) is 4.98 Å². The van der Waals surface area contributed by atoms with Gasteiger partial charge in [0.05, 0.1) is 15.4 Å². The Hall–Kier alpha value is -0.730. The molecule has 0 atom stereocenters. The average Bonchev–Trinajstić information content (AvgIpc) is 2.18. The highest BCUT2D eigenvalue weighted by atomic mass is 35.5. The molecule has 0 aliphatic rings. The normalized spacial score (nSPS) is 10.6. The van der Waals surface area contributed by atoms with Crippen molar-refractivity contribution in [3.8, 4) is 0 Å². The van der Waals surface area contributed by atoms with Crippen molar-refractivity contribution in [2.45, 2.75) is 4.90 Å². The molecule has 0 amide bonds. The van der Waals surface area contributed by atoms with E-state index in [4.69, 9.17) is 11.6 Å². The van der Waals surface area contributed by atoms with Crippen LogP contribution in [0.3, 0.4) is 0 Å². The first-order chi connectivity index (χ1) is 6.33. The Kier molecular flexibility index (Phi) is 2.42. The number of rotatable bonds is 1. The predicted molar refractivity (Wildman–Crippen MR) is 58.5 cm³/mol. The van der Waals surface area contributed by atoms with Gasteiger partial charge in [0, 0.05) is 11.6 Å². The van der Waals surface area contributed by atoms with E-state index in [0.29, 0.717) is 0 Å². The summed E-state index contributed by atoms with van der Waals surface area (Å²) in [5.74, 6) is 0. The first kappa shape index (κ1) is 8.85. The van der Waals surface area contributed by atoms with Gasteiger partial charge >= 0.3 is 0 Å². The first-order valence-electron chi connectivity index (χ1n) is 3.90. The molecule has 0 saturated carbocycles. The maximum atomic E-state index is 6.04. The topological polar surface area (TPSA) is 12.9 Å². The monoisotopic (exact) mass is 209 g/mol. The standard InChI is InChI=1S/C10H8ClNS/c1-13-10-8(11)5-4-7-3-2-6-12-9(7)10/h2-6H,1H3. The zero-order valence-electron chi connectivity index (χ0n) is 7.12. The predicted octanol–water partition coefficient (Wildman–Crippen LogP) is 3.61. The van der Waals surface area contributed by atoms with Gasteiger partial charge in [-0.3, -0.25) is 4.98 Å². The lowest BCUT2D eigenvalue weighted by molar-refractivity contribution is 1.35. The first-order valence-corrected chi connectivity index (χ1v) is 5.50. The number of halogens is 1. The number of nitrogens with zero attached hydrogens (tertiary/aromatic N) is 1. The second-order valence-electron chi connectivity index (χ2n) is 2.66. The second-order valence-corrected chi connectivity index (χ2v) is 3.88. The van der Waals surface area contributed by atoms with Crippen LogP contribution in [0.4, 0.5) is 0 Å². The molecule has 3 heteroatoms. The Morgan fingerprint density at radius 2 is 2.15 bits per heavy atom. The van der Waals surface area contributed by atoms with Crippen LogP contribution in [-0.4, -0.2) is 11.2 Å². The van der Waals surface area contributed by atoms with Crippen molar-refractivity contribution in [2.24, 2.45) is 0 Å². The maximum Gasteiger partial charge on any atom is 0.0852 e. The van der Waals surface area contributed by atoms with E-state index >= 15 is 0 Å². The minimum Gasteiger partial charge on any atom is -0.255 e. The van der Waals surface area contributed by atoms with Gasteiger partial charge in [0.2, 0.25) is 0 Å². The Morgan fingerprint density at radius 3 is 2.92 bits per heavy atom. The molecule has 0 N–H and O–H groups in total. The van der Waals surface area contributed by atoms with Crippen molar-refractivity contribution in [3.63, 3.8) is 0 Å². The van der Waals surface area contributed by atoms with Gasteiger partial charge in [-0.25, -0.2) is 0 Å². The van der Waals surface area contributed by atoms with E-state index in [1.165, 1.54) is 0 Å². The number of benzene rings is 1. The molecular formula is C10H8ClNS. The van der Waals surface area contributed by atoms with Crippen molar-refractivity contribution in [2.75, 3.05) is 6.26 Å². The summed E-state index contributed by atoms with van der Waals surface area (Å²) in [5, 5.41) is 1.91. The summed E-state index contributed by atoms with van der Waals surface area (Å²) < 4.78 is 0. The summed E-state index contributed by atoms with van der Waals surface area (Å²) in [5.41, 5.74) is 0.988. The number of hydrogen-bond donors (Lipinski definition) is 0. The molecule has 2 aromatic rings. The molecule has 13 heavy (non-hydrogen) atoms. The van der Waals surface area contributed by atoms with Gasteiger partial charge in [-0.2, -0.15) is 0 Å². The van der Waals surface area contributed by atoms with E-state index in [1.54, 1.807) is 18.0 Å². The molecule has 1 aromatic carbocycles. The zero-order chi connectivity index (χ0) is 9.26. The molecule has 0 aliphatic carbocycles. The third-order valence-electron chi connectivity index (χ3n) is 1.88. The highest BCUT2D eigenvalue weighted by Gasteiger charge is 2.04. The minimum absolute atomic E-state index is 0.777. The minimum atomic E-state index is 0.777. The fraction of sp³-hybridized carbons (Fsp3) is 0.100. The summed E-state index contributed by atoms with van der Waals surface area (Å²) >= 11 is 7.67. The van der Waals surface area contributed by atoms with Crippen LogP contribution in [0.25, 0.3) is 10.9 Å². The number of aromatic nitrogens is 1. The molecule has 0 spiro atoms. The van der Waals surface area contributed by atoms with Crippen molar-refractivity contribution >= 4 is 34.3 Å². The average molecular weight is 210 g/mol. The van der Waals surface area contributed by atoms with Crippen molar-refractivity contribution < 1.29 is 0 Å². The van der Waals surface area contributed by atoms with Gasteiger partial charge in [-0.15, -0.1) is 11.8 Å². The number of fused-ring (bicyclic) bond motifs is 1. The van der Waals surface area contributed by atoms with Gasteiger partial charge in [0.25, 0.3) is 0 Å². The molecule has 0 saturated heterocycles. The van der Waals surface area contributed by atoms with E-state index in [2.05, 4.69) is 4.98 Å². The summed E-state index contributed by atoms with van der Waals surface area (Å²) in [4.78, 5) is 5.36. The Balaban J connectivity index is 2.84. The molecular weight excluding hydrogens is 202 g/mol. The Labute approximate surface area is 86.1 Å². The zero-order valence-corrected chi connectivity index (χ0v) is 8.69. The van der Waals surface area contributed by atoms with E-state index < -0.39 is 0 Å². The highest BCUT2D eigenvalue weighted by Crippen LogP contribution is 2.31. The van der Waals surface area contributed by atoms with Crippen LogP contribution < -0.4 is 0 Å². The molecule has 0 bridgehead atoms. The van der Waals surface area contributed by atoms with E-state index in [9.17, 15) is 0 Å². The molecule has 1 aromatic heterocycles. The number of pyridine rings is 1. The van der Waals surface area contributed by atoms with E-state index in [1.807, 2.05) is 30.5 Å². The fourth-order valence-corrected chi connectivity index (χ4v) is 2.30. The van der Waals surface area contributed by atoms with Crippen LogP contribution in [0, 0.1) is 0 Å². The lowest BCUT2D eigenvalue weighted by Crippen LogP contribution is -1.82. The molecule has 1 nitrogen and oxygen atoms in total. The van der Waals surface area contributed by atoms with Crippen molar-refractivity contribution in [1.29, 1.82) is 0 Å². The number of thioether (sulfide) groups is 1. The van der Waals surface area contributed by atoms with Gasteiger partial charge in [0.15, 0.2) is 0 Å². The third-order valence-corrected chi connectivity index (χ3v) is 3.13. The van der Waals surface area contributed by atoms with Gasteiger partial charge in [-0.05, 0) is 18.4 Å². The molecule has 0 radical (unpaired) electrons. The summed E-state index contributed by atoms with van der Waals surface area (Å²) in [7, 11) is 0. The summed E-state index contributed by atoms with van der Waals surface area (Å²) in [6.45, 7) is 0. The summed E-state index contributed by atoms with van der Waals surface area (Å²) in [6.07, 6.45) is 3.80. The highest BCUT2D eigenvalue weighted by molar-refractivity contribution is 7.99. The maximum absolute atomic E-state index is 6.04. The number of hydrogen-bond acceptors (Lipinski definition) is 2. The van der Waals surface area contributed by atoms with Gasteiger partial charge < -0.3 is 0 Å². The van der Waals surface area contributed by atoms with Crippen LogP contribution in [0.15, 0.2) is 35.4 Å². The van der Waals surface area contributed by atoms with E-state index in [-0.39, 0.29) is 0 Å². The summed E-state index contributed by atoms with van der Waals surface area (Å²) in [6, 6.07) is 7.88. The lowest BCUT2D eigenvalue weighted by atomic mass is 10.2. The second kappa shape index (κ2) is 3.56. The van der Waals surface area contributed by atoms with Crippen LogP contribution in [0.2, 0.25) is 5.02 Å². The van der Waals surface area contributed by atoms with Gasteiger partial charge in [0.1, 0.15) is 0 Å². The Morgan fingerprint density at radius 1 is 1.31 bits per heavy atom. The van der Waals surface area contributed by atoms with Crippen LogP contribution in [0.1, 0.15) is 0 Å². The van der Waals surface area contributed by atoms with Crippen molar-refractivity contribution in [3.05, 3.63) is 35.5 Å². The fourth-order valence-electron chi connectivity index (χ4n) is 1.29. The molecule has 2 rings (SSSR count). The largest absolute Gasteiger partial charge is 0.255 e. The van der Waals surface area contributed by atoms with E-state index in [0.717, 1.165) is 20.8 Å². The molecule has 0 fully saturated rings. The molecule has 0 aliphatic heterocycles. The van der Waals surface area contributed by atoms with Crippen LogP contribution >= 0.6 is 23.4 Å². The third kappa shape index (κ3) is 1.52. The van der Waals surface area contributed by atoms with Crippen LogP contribution in [-0.2, 0) is 0 Å².